The third kappa shape index (κ3) is 5.54. The maximum Gasteiger partial charge on any atom is 0.200 e. The zero-order valence-corrected chi connectivity index (χ0v) is 22.9. The molecule has 14 heteroatoms. The van der Waals surface area contributed by atoms with E-state index in [1.807, 2.05) is 20.8 Å². The van der Waals surface area contributed by atoms with Gasteiger partial charge in [0.2, 0.25) is 5.82 Å². The minimum atomic E-state index is -2.72. The van der Waals surface area contributed by atoms with E-state index in [1.54, 1.807) is 0 Å². The predicted octanol–water partition coefficient (Wildman–Crippen LogP) is 10.1. The lowest BCUT2D eigenvalue weighted by Crippen LogP contribution is -2.33. The Balaban J connectivity index is 2.29. The van der Waals surface area contributed by atoms with Crippen LogP contribution in [-0.2, 0) is 0 Å². The molecule has 1 nitrogen and oxygen atoms in total. The van der Waals surface area contributed by atoms with Crippen molar-refractivity contribution in [2.75, 3.05) is 11.4 Å². The summed E-state index contributed by atoms with van der Waals surface area (Å²) in [5.74, 6) is -29.2. The van der Waals surface area contributed by atoms with Crippen LogP contribution in [0.3, 0.4) is 0 Å². The van der Waals surface area contributed by atoms with Crippen LogP contribution in [0.15, 0.2) is 12.1 Å². The molecule has 0 unspecified atom stereocenters. The Labute approximate surface area is 228 Å². The van der Waals surface area contributed by atoms with Crippen LogP contribution < -0.4 is 4.90 Å². The minimum absolute atomic E-state index is 0.0433. The first-order chi connectivity index (χ1) is 19.2. The average molecular weight is 618 g/mol. The first-order valence-electron chi connectivity index (χ1n) is 12.5. The lowest BCUT2D eigenvalue weighted by atomic mass is 10.00. The van der Waals surface area contributed by atoms with Gasteiger partial charge in [0, 0.05) is 6.54 Å². The molecule has 41 heavy (non-hydrogen) atoms. The van der Waals surface area contributed by atoms with Crippen molar-refractivity contribution in [3.63, 3.8) is 0 Å². The van der Waals surface area contributed by atoms with Gasteiger partial charge in [0.25, 0.3) is 0 Å². The highest BCUT2D eigenvalue weighted by Gasteiger charge is 2.37. The fourth-order valence-corrected chi connectivity index (χ4v) is 8.34. The minimum Gasteiger partial charge on any atom is -0.334 e. The molecule has 0 saturated heterocycles. The third-order valence-electron chi connectivity index (χ3n) is 7.61. The molecule has 0 N–H and O–H groups in total. The van der Waals surface area contributed by atoms with Gasteiger partial charge in [-0.25, -0.2) is 52.7 Å². The molecule has 3 aromatic carbocycles. The van der Waals surface area contributed by atoms with Crippen molar-refractivity contribution < 1.29 is 52.7 Å². The SMILES string of the molecule is CC[Si](CC)(CC)CCCN(c1ccc(F)c(F)c1F)c1c(F)c(F)c(-c2c(F)c(F)c(F)c(F)c2F)c(F)c1F. The van der Waals surface area contributed by atoms with Gasteiger partial charge >= 0.3 is 0 Å². The molecule has 224 valence electrons. The van der Waals surface area contributed by atoms with E-state index in [2.05, 4.69) is 0 Å². The van der Waals surface area contributed by atoms with Crippen molar-refractivity contribution in [1.82, 2.24) is 0 Å². The Kier molecular flexibility index (Phi) is 9.76. The Bertz CT molecular complexity index is 1410. The molecule has 3 rings (SSSR count). The summed E-state index contributed by atoms with van der Waals surface area (Å²) in [5, 5.41) is 0. The summed E-state index contributed by atoms with van der Waals surface area (Å²) >= 11 is 0. The van der Waals surface area contributed by atoms with Crippen LogP contribution in [0, 0.1) is 69.8 Å². The van der Waals surface area contributed by atoms with Crippen LogP contribution in [0.5, 0.6) is 0 Å². The molecule has 0 aromatic heterocycles. The van der Waals surface area contributed by atoms with Gasteiger partial charge in [-0.1, -0.05) is 44.9 Å². The Morgan fingerprint density at radius 3 is 1.37 bits per heavy atom. The predicted molar refractivity (Wildman–Crippen MR) is 131 cm³/mol. The quantitative estimate of drug-likeness (QED) is 0.0948. The normalized spacial score (nSPS) is 11.9. The van der Waals surface area contributed by atoms with Gasteiger partial charge in [0.1, 0.15) is 5.69 Å². The number of halogens is 12. The van der Waals surface area contributed by atoms with Crippen LogP contribution in [0.2, 0.25) is 24.2 Å². The summed E-state index contributed by atoms with van der Waals surface area (Å²) in [6, 6.07) is 3.82. The lowest BCUT2D eigenvalue weighted by Gasteiger charge is -2.31. The molecule has 0 radical (unpaired) electrons. The average Bonchev–Trinajstić information content (AvgIpc) is 2.96. The van der Waals surface area contributed by atoms with Crippen molar-refractivity contribution in [1.29, 1.82) is 0 Å². The molecule has 0 spiro atoms. The first-order valence-corrected chi connectivity index (χ1v) is 15.3. The van der Waals surface area contributed by atoms with E-state index in [4.69, 9.17) is 0 Å². The van der Waals surface area contributed by atoms with Gasteiger partial charge in [-0.2, -0.15) is 0 Å². The highest BCUT2D eigenvalue weighted by atomic mass is 28.3. The van der Waals surface area contributed by atoms with Crippen LogP contribution in [0.25, 0.3) is 11.1 Å². The second kappa shape index (κ2) is 12.4. The summed E-state index contributed by atoms with van der Waals surface area (Å²) in [5.41, 5.74) is -7.25. The molecule has 0 fully saturated rings. The molecule has 0 aliphatic rings. The van der Waals surface area contributed by atoms with Gasteiger partial charge in [-0.15, -0.1) is 0 Å². The molecule has 0 bridgehead atoms. The fraction of sp³-hybridized carbons (Fsp3) is 0.333. The van der Waals surface area contributed by atoms with Crippen molar-refractivity contribution in [2.45, 2.75) is 51.4 Å². The molecule has 0 aliphatic heterocycles. The van der Waals surface area contributed by atoms with Crippen molar-refractivity contribution in [3.8, 4) is 11.1 Å². The van der Waals surface area contributed by atoms with Gasteiger partial charge in [0.15, 0.2) is 64.0 Å². The number of benzene rings is 3. The van der Waals surface area contributed by atoms with Crippen LogP contribution in [-0.4, -0.2) is 14.6 Å². The highest BCUT2D eigenvalue weighted by molar-refractivity contribution is 6.79. The van der Waals surface area contributed by atoms with Crippen molar-refractivity contribution >= 4 is 19.4 Å². The van der Waals surface area contributed by atoms with E-state index in [9.17, 15) is 35.1 Å². The Morgan fingerprint density at radius 2 is 0.927 bits per heavy atom. The summed E-state index contributed by atoms with van der Waals surface area (Å²) < 4.78 is 173. The Morgan fingerprint density at radius 1 is 0.512 bits per heavy atom. The van der Waals surface area contributed by atoms with E-state index >= 15 is 17.6 Å². The second-order valence-electron chi connectivity index (χ2n) is 9.43. The second-order valence-corrected chi connectivity index (χ2v) is 15.1. The van der Waals surface area contributed by atoms with Crippen molar-refractivity contribution in [3.05, 3.63) is 81.9 Å². The van der Waals surface area contributed by atoms with Gasteiger partial charge < -0.3 is 4.90 Å². The summed E-state index contributed by atoms with van der Waals surface area (Å²) in [6.45, 7) is 5.24. The van der Waals surface area contributed by atoms with Gasteiger partial charge in [-0.05, 0) is 18.6 Å². The molecule has 0 saturated carbocycles. The topological polar surface area (TPSA) is 3.24 Å². The smallest absolute Gasteiger partial charge is 0.200 e. The molecule has 3 aromatic rings. The number of hydrogen-bond acceptors (Lipinski definition) is 1. The Hall–Kier alpha value is -3.16. The zero-order chi connectivity index (χ0) is 31.0. The summed E-state index contributed by atoms with van der Waals surface area (Å²) in [4.78, 5) is 0.303. The van der Waals surface area contributed by atoms with E-state index < -0.39 is 107 Å². The van der Waals surface area contributed by atoms with Crippen molar-refractivity contribution in [2.24, 2.45) is 0 Å². The van der Waals surface area contributed by atoms with Gasteiger partial charge in [-0.3, -0.25) is 0 Å². The lowest BCUT2D eigenvalue weighted by molar-refractivity contribution is 0.379. The maximum atomic E-state index is 15.4. The van der Waals surface area contributed by atoms with Crippen LogP contribution in [0.4, 0.5) is 64.1 Å². The first kappa shape index (κ1) is 32.4. The molecular formula is C27H23F12NSi. The van der Waals surface area contributed by atoms with E-state index in [0.29, 0.717) is 23.1 Å². The molecular weight excluding hydrogens is 594 g/mol. The fourth-order valence-electron chi connectivity index (χ4n) is 4.87. The van der Waals surface area contributed by atoms with E-state index in [1.165, 1.54) is 0 Å². The van der Waals surface area contributed by atoms with E-state index in [-0.39, 0.29) is 6.42 Å². The molecule has 0 amide bonds. The summed E-state index contributed by atoms with van der Waals surface area (Å²) in [6.07, 6.45) is 0.0433. The van der Waals surface area contributed by atoms with Crippen LogP contribution >= 0.6 is 0 Å². The molecule has 0 heterocycles. The standard InChI is InChI=1S/C27H23F12NSi/c1-4-41(5-2,6-3)11-7-10-40(13-9-8-12(28)16(29)17(13)30)27-25(38)20(33)15(21(34)26(27)39)14-18(31)22(35)24(37)23(36)19(14)32/h8-9H,4-7,10-11H2,1-3H3. The number of rotatable bonds is 10. The molecule has 0 aliphatic carbocycles. The van der Waals surface area contributed by atoms with Crippen LogP contribution in [0.1, 0.15) is 27.2 Å². The zero-order valence-electron chi connectivity index (χ0n) is 21.9. The number of hydrogen-bond donors (Lipinski definition) is 0. The summed E-state index contributed by atoms with van der Waals surface area (Å²) in [7, 11) is -1.92. The monoisotopic (exact) mass is 617 g/mol. The van der Waals surface area contributed by atoms with E-state index in [0.717, 1.165) is 18.1 Å². The highest BCUT2D eigenvalue weighted by Crippen LogP contribution is 2.43. The van der Waals surface area contributed by atoms with Gasteiger partial charge in [0.05, 0.1) is 24.9 Å². The largest absolute Gasteiger partial charge is 0.334 e. The number of anilines is 2. The third-order valence-corrected chi connectivity index (χ3v) is 13.5. The molecule has 0 atom stereocenters. The number of nitrogens with zero attached hydrogens (tertiary/aromatic N) is 1. The maximum absolute atomic E-state index is 15.4.